The average Bonchev–Trinajstić information content (AvgIpc) is 3.47. The zero-order valence-corrected chi connectivity index (χ0v) is 19.1. The Morgan fingerprint density at radius 1 is 1.03 bits per heavy atom. The van der Waals surface area contributed by atoms with Gasteiger partial charge in [0.1, 0.15) is 16.9 Å². The van der Waals surface area contributed by atoms with Gasteiger partial charge in [0.25, 0.3) is 0 Å². The first-order valence-electron chi connectivity index (χ1n) is 11.9. The summed E-state index contributed by atoms with van der Waals surface area (Å²) in [6.45, 7) is 3.90. The van der Waals surface area contributed by atoms with Crippen molar-refractivity contribution in [2.75, 3.05) is 36.9 Å². The molecule has 0 unspecified atom stereocenters. The minimum Gasteiger partial charge on any atom is -0.432 e. The van der Waals surface area contributed by atoms with Crippen LogP contribution in [0.4, 0.5) is 17.8 Å². The third kappa shape index (κ3) is 4.09. The van der Waals surface area contributed by atoms with Gasteiger partial charge in [-0.15, -0.1) is 11.3 Å². The predicted molar refractivity (Wildman–Crippen MR) is 126 cm³/mol. The smallest absolute Gasteiger partial charge is 0.301 e. The summed E-state index contributed by atoms with van der Waals surface area (Å²) in [6.07, 6.45) is 12.8. The fourth-order valence-electron chi connectivity index (χ4n) is 5.42. The monoisotopic (exact) mass is 454 g/mol. The van der Waals surface area contributed by atoms with Crippen LogP contribution in [0.5, 0.6) is 0 Å². The highest BCUT2D eigenvalue weighted by molar-refractivity contribution is 7.19. The minimum absolute atomic E-state index is 0.419. The van der Waals surface area contributed by atoms with Gasteiger partial charge in [0.15, 0.2) is 0 Å². The summed E-state index contributed by atoms with van der Waals surface area (Å²) in [6, 6.07) is 1.56. The number of morpholine rings is 1. The highest BCUT2D eigenvalue weighted by Crippen LogP contribution is 2.40. The lowest BCUT2D eigenvalue weighted by atomic mass is 9.89. The number of anilines is 3. The largest absolute Gasteiger partial charge is 0.432 e. The van der Waals surface area contributed by atoms with Crippen molar-refractivity contribution in [2.24, 2.45) is 0 Å². The van der Waals surface area contributed by atoms with Crippen LogP contribution < -0.4 is 10.6 Å². The lowest BCUT2D eigenvalue weighted by molar-refractivity contribution is 0.00791. The van der Waals surface area contributed by atoms with E-state index in [1.165, 1.54) is 54.4 Å². The van der Waals surface area contributed by atoms with Crippen molar-refractivity contribution in [1.82, 2.24) is 19.9 Å². The van der Waals surface area contributed by atoms with E-state index in [1.807, 2.05) is 11.3 Å². The van der Waals surface area contributed by atoms with Gasteiger partial charge in [-0.05, 0) is 56.9 Å². The Morgan fingerprint density at radius 2 is 1.88 bits per heavy atom. The third-order valence-corrected chi connectivity index (χ3v) is 8.25. The first-order valence-corrected chi connectivity index (χ1v) is 12.7. The van der Waals surface area contributed by atoms with E-state index >= 15 is 0 Å². The molecule has 6 rings (SSSR count). The number of fused-ring (bicyclic) bond motifs is 3. The molecule has 9 heteroatoms. The van der Waals surface area contributed by atoms with Crippen molar-refractivity contribution in [2.45, 2.75) is 63.5 Å². The molecule has 0 bridgehead atoms. The molecule has 3 aromatic heterocycles. The Bertz CT molecular complexity index is 1050. The third-order valence-electron chi connectivity index (χ3n) is 7.07. The van der Waals surface area contributed by atoms with Crippen LogP contribution >= 0.6 is 11.3 Å². The summed E-state index contributed by atoms with van der Waals surface area (Å²) < 4.78 is 10.9. The number of hydrogen-bond donors (Lipinski definition) is 2. The number of hydrogen-bond acceptors (Lipinski definition) is 9. The van der Waals surface area contributed by atoms with Crippen LogP contribution in [0.1, 0.15) is 49.0 Å². The van der Waals surface area contributed by atoms with E-state index in [0.717, 1.165) is 49.8 Å². The molecule has 0 amide bonds. The van der Waals surface area contributed by atoms with Crippen molar-refractivity contribution in [1.29, 1.82) is 0 Å². The number of nitrogens with one attached hydrogen (secondary N) is 2. The average molecular weight is 455 g/mol. The van der Waals surface area contributed by atoms with Crippen molar-refractivity contribution < 1.29 is 9.15 Å². The van der Waals surface area contributed by atoms with Gasteiger partial charge in [-0.25, -0.2) is 9.97 Å². The molecule has 170 valence electrons. The number of aryl methyl sites for hydroxylation is 2. The molecule has 0 radical (unpaired) electrons. The Balaban J connectivity index is 1.24. The fraction of sp³-hybridized carbons (Fsp3) is 0.609. The molecule has 3 aromatic rings. The van der Waals surface area contributed by atoms with E-state index in [0.29, 0.717) is 24.0 Å². The van der Waals surface area contributed by atoms with Gasteiger partial charge >= 0.3 is 6.01 Å². The van der Waals surface area contributed by atoms with E-state index in [-0.39, 0.29) is 0 Å². The molecule has 8 nitrogen and oxygen atoms in total. The lowest BCUT2D eigenvalue weighted by Crippen LogP contribution is -2.46. The lowest BCUT2D eigenvalue weighted by Gasteiger charge is -2.39. The van der Waals surface area contributed by atoms with Crippen molar-refractivity contribution in [3.63, 3.8) is 0 Å². The topological polar surface area (TPSA) is 88.3 Å². The number of rotatable bonds is 5. The fourth-order valence-corrected chi connectivity index (χ4v) is 6.68. The van der Waals surface area contributed by atoms with Crippen LogP contribution in [0.3, 0.4) is 0 Å². The molecular weight excluding hydrogens is 424 g/mol. The molecule has 1 saturated carbocycles. The quantitative estimate of drug-likeness (QED) is 0.588. The SMILES string of the molecule is c1coc(Nc2nc(NC3CCC(N4CCOCC4)CC3)c3c4c(sc3n2)CCCC4)n1. The van der Waals surface area contributed by atoms with E-state index in [9.17, 15) is 0 Å². The van der Waals surface area contributed by atoms with E-state index in [1.54, 1.807) is 12.5 Å². The maximum atomic E-state index is 5.53. The van der Waals surface area contributed by atoms with Gasteiger partial charge in [-0.2, -0.15) is 4.98 Å². The summed E-state index contributed by atoms with van der Waals surface area (Å²) in [4.78, 5) is 19.1. The normalized spacial score (nSPS) is 24.4. The second-order valence-corrected chi connectivity index (χ2v) is 10.1. The first-order chi connectivity index (χ1) is 15.8. The van der Waals surface area contributed by atoms with Crippen LogP contribution in [0.2, 0.25) is 0 Å². The molecule has 0 aromatic carbocycles. The predicted octanol–water partition coefficient (Wildman–Crippen LogP) is 4.36. The molecule has 0 spiro atoms. The summed E-state index contributed by atoms with van der Waals surface area (Å²) in [5.74, 6) is 1.52. The Labute approximate surface area is 191 Å². The van der Waals surface area contributed by atoms with Crippen LogP contribution in [0.25, 0.3) is 10.2 Å². The summed E-state index contributed by atoms with van der Waals surface area (Å²) >= 11 is 1.82. The second-order valence-electron chi connectivity index (χ2n) is 9.05. The van der Waals surface area contributed by atoms with Crippen molar-refractivity contribution in [3.05, 3.63) is 22.9 Å². The Hall–Kier alpha value is -2.23. The van der Waals surface area contributed by atoms with Crippen LogP contribution in [-0.2, 0) is 17.6 Å². The van der Waals surface area contributed by atoms with E-state index in [4.69, 9.17) is 19.1 Å². The standard InChI is InChI=1S/C23H30N6O2S/c1-2-4-18-17(3-1)19-20(26-22(27-21(19)32-18)28-23-24-9-12-31-23)25-15-5-7-16(8-6-15)29-10-13-30-14-11-29/h9,12,15-16H,1-8,10-11,13-14H2,(H2,24,25,26,27,28). The maximum absolute atomic E-state index is 5.53. The van der Waals surface area contributed by atoms with Crippen LogP contribution in [0.15, 0.2) is 16.9 Å². The van der Waals surface area contributed by atoms with Gasteiger partial charge in [-0.1, -0.05) is 0 Å². The number of aromatic nitrogens is 3. The van der Waals surface area contributed by atoms with Gasteiger partial charge in [0, 0.05) is 30.1 Å². The molecule has 2 aliphatic carbocycles. The molecule has 0 atom stereocenters. The van der Waals surface area contributed by atoms with Crippen molar-refractivity contribution in [3.8, 4) is 0 Å². The van der Waals surface area contributed by atoms with Gasteiger partial charge in [-0.3, -0.25) is 10.2 Å². The second kappa shape index (κ2) is 8.96. The summed E-state index contributed by atoms with van der Waals surface area (Å²) in [5, 5.41) is 8.19. The zero-order valence-electron chi connectivity index (χ0n) is 18.3. The Kier molecular flexibility index (Phi) is 5.70. The van der Waals surface area contributed by atoms with E-state index < -0.39 is 0 Å². The summed E-state index contributed by atoms with van der Waals surface area (Å²) in [7, 11) is 0. The van der Waals surface area contributed by atoms with Gasteiger partial charge < -0.3 is 14.5 Å². The number of oxazole rings is 1. The van der Waals surface area contributed by atoms with Crippen molar-refractivity contribution >= 4 is 39.3 Å². The minimum atomic E-state index is 0.419. The first kappa shape index (κ1) is 20.4. The van der Waals surface area contributed by atoms with Crippen LogP contribution in [-0.4, -0.2) is 58.2 Å². The Morgan fingerprint density at radius 3 is 2.69 bits per heavy atom. The summed E-state index contributed by atoms with van der Waals surface area (Å²) in [5.41, 5.74) is 1.46. The molecule has 2 N–H and O–H groups in total. The van der Waals surface area contributed by atoms with Gasteiger partial charge in [0.2, 0.25) is 5.95 Å². The number of nitrogens with zero attached hydrogens (tertiary/aromatic N) is 4. The molecule has 4 heterocycles. The highest BCUT2D eigenvalue weighted by atomic mass is 32.1. The van der Waals surface area contributed by atoms with Gasteiger partial charge in [0.05, 0.1) is 24.8 Å². The maximum Gasteiger partial charge on any atom is 0.301 e. The molecule has 3 aliphatic rings. The molecule has 1 saturated heterocycles. The number of ether oxygens (including phenoxy) is 1. The molecule has 2 fully saturated rings. The molecule has 1 aliphatic heterocycles. The number of thiophene rings is 1. The highest BCUT2D eigenvalue weighted by Gasteiger charge is 2.28. The zero-order chi connectivity index (χ0) is 21.3. The molecule has 32 heavy (non-hydrogen) atoms. The van der Waals surface area contributed by atoms with E-state index in [2.05, 4.69) is 20.5 Å². The molecular formula is C23H30N6O2S. The van der Waals surface area contributed by atoms with Crippen LogP contribution in [0, 0.1) is 0 Å².